The number of hydrogen-bond acceptors (Lipinski definition) is 0. The molecule has 0 bridgehead atoms. The fraction of sp³-hybridized carbons (Fsp3) is 0.714. The van der Waals surface area contributed by atoms with Crippen molar-refractivity contribution in [1.29, 1.82) is 0 Å². The summed E-state index contributed by atoms with van der Waals surface area (Å²) in [6.45, 7) is 23.6. The van der Waals surface area contributed by atoms with Crippen LogP contribution in [0.1, 0.15) is 93.9 Å². The van der Waals surface area contributed by atoms with E-state index in [0.29, 0.717) is 0 Å². The van der Waals surface area contributed by atoms with Crippen molar-refractivity contribution < 1.29 is 15.3 Å². The molecular weight excluding hydrogens is 614 g/mol. The molecule has 183 valence electrons. The van der Waals surface area contributed by atoms with Crippen molar-refractivity contribution in [2.75, 3.05) is 0 Å². The van der Waals surface area contributed by atoms with E-state index in [4.69, 9.17) is 17.2 Å². The van der Waals surface area contributed by atoms with E-state index in [2.05, 4.69) is 92.8 Å². The second-order valence-corrected chi connectivity index (χ2v) is 72.3. The second-order valence-electron chi connectivity index (χ2n) is 12.7. The first kappa shape index (κ1) is 28.9. The Balaban J connectivity index is 2.71. The van der Waals surface area contributed by atoms with Gasteiger partial charge in [0.25, 0.3) is 0 Å². The van der Waals surface area contributed by atoms with Gasteiger partial charge in [-0.15, -0.1) is 0 Å². The van der Waals surface area contributed by atoms with Gasteiger partial charge in [0.1, 0.15) is 0 Å². The normalized spacial score (nSPS) is 23.6. The molecule has 0 nitrogen and oxygen atoms in total. The predicted molar refractivity (Wildman–Crippen MR) is 148 cm³/mol. The molecule has 32 heavy (non-hydrogen) atoms. The maximum absolute atomic E-state index is 8.22. The molecule has 0 spiro atoms. The summed E-state index contributed by atoms with van der Waals surface area (Å²) in [5, 5.41) is 0. The van der Waals surface area contributed by atoms with Gasteiger partial charge in [-0.1, -0.05) is 0 Å². The minimum absolute atomic E-state index is 0.0821. The zero-order chi connectivity index (χ0) is 24.6. The Hall–Kier alpha value is 0.627. The van der Waals surface area contributed by atoms with Gasteiger partial charge >= 0.3 is 210 Å². The van der Waals surface area contributed by atoms with E-state index in [1.807, 2.05) is 0 Å². The zero-order valence-corrected chi connectivity index (χ0v) is 28.8. The number of rotatable bonds is 9. The summed E-state index contributed by atoms with van der Waals surface area (Å²) < 4.78 is 0.540. The molecule has 0 aromatic carbocycles. The molecule has 0 saturated carbocycles. The molecule has 0 aromatic heterocycles. The van der Waals surface area contributed by atoms with E-state index >= 15 is 0 Å². The summed E-state index contributed by atoms with van der Waals surface area (Å²) in [6.07, 6.45) is 17.3. The van der Waals surface area contributed by atoms with Crippen LogP contribution >= 0.6 is 17.2 Å². The molecule has 2 aliphatic rings. The van der Waals surface area contributed by atoms with Gasteiger partial charge in [0.05, 0.1) is 0 Å². The van der Waals surface area contributed by atoms with Crippen molar-refractivity contribution >= 4 is 23.1 Å². The summed E-state index contributed by atoms with van der Waals surface area (Å²) in [4.78, 5) is 0. The quantitative estimate of drug-likeness (QED) is 0.216. The molecule has 0 N–H and O–H groups in total. The van der Waals surface area contributed by atoms with Gasteiger partial charge in [0.2, 0.25) is 0 Å². The molecule has 0 amide bonds. The molecule has 2 unspecified atom stereocenters. The number of unbranched alkanes of at least 4 members (excludes halogenated alkanes) is 2. The van der Waals surface area contributed by atoms with Crippen LogP contribution in [0.5, 0.6) is 0 Å². The van der Waals surface area contributed by atoms with E-state index in [0.717, 1.165) is 12.8 Å². The molecule has 0 radical (unpaired) electrons. The van der Waals surface area contributed by atoms with Crippen molar-refractivity contribution in [3.63, 3.8) is 0 Å². The maximum atomic E-state index is 8.22. The average molecular weight is 663 g/mol. The summed E-state index contributed by atoms with van der Waals surface area (Å²) in [7, 11) is 16.4. The third-order valence-corrected chi connectivity index (χ3v) is 80.7. The van der Waals surface area contributed by atoms with Crippen LogP contribution in [-0.2, 0) is 15.3 Å². The molecule has 2 aliphatic carbocycles. The number of hydrogen-bond donors (Lipinski definition) is 0. The fourth-order valence-electron chi connectivity index (χ4n) is 5.55. The van der Waals surface area contributed by atoms with E-state index in [1.54, 1.807) is 0 Å². The Labute approximate surface area is 208 Å². The summed E-state index contributed by atoms with van der Waals surface area (Å²) in [6, 6.07) is 0. The number of allylic oxidation sites excluding steroid dienone is 8. The molecule has 4 heteroatoms. The first-order valence-electron chi connectivity index (χ1n) is 13.0. The second kappa shape index (κ2) is 10.3. The third kappa shape index (κ3) is 5.71. The summed E-state index contributed by atoms with van der Waals surface area (Å²) in [5.41, 5.74) is 6.14. The Morgan fingerprint density at radius 1 is 0.750 bits per heavy atom. The van der Waals surface area contributed by atoms with Crippen LogP contribution in [-0.4, -0.2) is 5.98 Å². The molecule has 0 fully saturated rings. The van der Waals surface area contributed by atoms with Gasteiger partial charge in [-0.25, -0.2) is 0 Å². The predicted octanol–water partition coefficient (Wildman–Crippen LogP) is 10.7. The Morgan fingerprint density at radius 3 is 1.34 bits per heavy atom. The Bertz CT molecular complexity index is 753. The third-order valence-electron chi connectivity index (χ3n) is 7.77. The molecule has 0 aliphatic heterocycles. The Morgan fingerprint density at radius 2 is 1.09 bits per heavy atom. The van der Waals surface area contributed by atoms with Gasteiger partial charge < -0.3 is 0 Å². The molecule has 0 saturated heterocycles. The van der Waals surface area contributed by atoms with Crippen LogP contribution in [0, 0.1) is 10.8 Å². The van der Waals surface area contributed by atoms with Gasteiger partial charge in [-0.3, -0.25) is 0 Å². The first-order valence-corrected chi connectivity index (χ1v) is 35.2. The van der Waals surface area contributed by atoms with Crippen LogP contribution in [0.15, 0.2) is 46.6 Å². The molecular formula is C28H49Cl2HfSi. The fourth-order valence-corrected chi connectivity index (χ4v) is 46.1. The minimum atomic E-state index is -4.52. The van der Waals surface area contributed by atoms with Crippen LogP contribution in [0.4, 0.5) is 0 Å². The van der Waals surface area contributed by atoms with Crippen LogP contribution < -0.4 is 0 Å². The zero-order valence-electron chi connectivity index (χ0n) is 22.5. The molecule has 0 heterocycles. The van der Waals surface area contributed by atoms with E-state index in [-0.39, 0.29) is 18.2 Å². The van der Waals surface area contributed by atoms with E-state index < -0.39 is 21.3 Å². The topological polar surface area (TPSA) is 0 Å². The van der Waals surface area contributed by atoms with Gasteiger partial charge in [0.15, 0.2) is 0 Å². The molecule has 2 rings (SSSR count). The van der Waals surface area contributed by atoms with Crippen molar-refractivity contribution in [1.82, 2.24) is 0 Å². The Kier molecular flexibility index (Phi) is 9.30. The standard InChI is InChI=1S/2C13H21.C2H7Si.2ClH.Hf/c2*1-5-6-7-11-8-9-12(10-11)13(2,3)4;1-3-2;;;/h2*8-10H,5-7H2,1-4H3;3H,1-2H3;2*1H;/q;;;;;+2/p-2. The van der Waals surface area contributed by atoms with Gasteiger partial charge in [0, 0.05) is 0 Å². The first-order chi connectivity index (χ1) is 14.6. The summed E-state index contributed by atoms with van der Waals surface area (Å²) >= 11 is -4.52. The van der Waals surface area contributed by atoms with Crippen LogP contribution in [0.25, 0.3) is 0 Å². The number of halogens is 2. The van der Waals surface area contributed by atoms with E-state index in [1.165, 1.54) is 48.0 Å². The van der Waals surface area contributed by atoms with E-state index in [9.17, 15) is 0 Å². The monoisotopic (exact) mass is 663 g/mol. The molecule has 2 atom stereocenters. The van der Waals surface area contributed by atoms with Crippen LogP contribution in [0.3, 0.4) is 0 Å². The molecule has 0 aromatic rings. The summed E-state index contributed by atoms with van der Waals surface area (Å²) in [5.74, 6) is -1.37. The van der Waals surface area contributed by atoms with Crippen molar-refractivity contribution in [2.24, 2.45) is 10.8 Å². The van der Waals surface area contributed by atoms with Gasteiger partial charge in [-0.2, -0.15) is 0 Å². The average Bonchev–Trinajstić information content (AvgIpc) is 3.30. The van der Waals surface area contributed by atoms with Gasteiger partial charge in [-0.05, 0) is 0 Å². The SMILES string of the molecule is CCCCC1=C[CH]([Hf]([Cl])([Cl])([CH]2C=C(CCCC)C=C2C(C)(C)C)[SiH](C)C)C(C(C)(C)C)=C1. The van der Waals surface area contributed by atoms with Crippen molar-refractivity contribution in [2.45, 2.75) is 114 Å². The van der Waals surface area contributed by atoms with Crippen molar-refractivity contribution in [3.05, 3.63) is 46.6 Å². The van der Waals surface area contributed by atoms with Crippen LogP contribution in [0.2, 0.25) is 20.4 Å². The van der Waals surface area contributed by atoms with Crippen molar-refractivity contribution in [3.8, 4) is 0 Å².